The Labute approximate surface area is 143 Å². The van der Waals surface area contributed by atoms with Crippen molar-refractivity contribution in [2.24, 2.45) is 0 Å². The zero-order chi connectivity index (χ0) is 16.8. The Kier molecular flexibility index (Phi) is 6.09. The number of rotatable bonds is 7. The lowest BCUT2D eigenvalue weighted by molar-refractivity contribution is 0.0493. The van der Waals surface area contributed by atoms with Crippen LogP contribution in [0.1, 0.15) is 32.6 Å². The first-order valence-corrected chi connectivity index (χ1v) is 8.97. The van der Waals surface area contributed by atoms with Crippen LogP contribution in [0.4, 0.5) is 4.79 Å². The first-order chi connectivity index (χ1) is 11.7. The predicted octanol–water partition coefficient (Wildman–Crippen LogP) is 1.64. The zero-order valence-electron chi connectivity index (χ0n) is 14.4. The van der Waals surface area contributed by atoms with Crippen molar-refractivity contribution in [1.82, 2.24) is 20.0 Å². The minimum atomic E-state index is -0.0411. The van der Waals surface area contributed by atoms with E-state index in [9.17, 15) is 4.79 Å². The molecule has 134 valence electrons. The van der Waals surface area contributed by atoms with Gasteiger partial charge in [0.25, 0.3) is 0 Å². The van der Waals surface area contributed by atoms with Crippen molar-refractivity contribution in [3.63, 3.8) is 0 Å². The van der Waals surface area contributed by atoms with Crippen LogP contribution < -0.4 is 5.32 Å². The number of carbonyl (C=O) groups excluding carboxylic acids is 1. The maximum Gasteiger partial charge on any atom is 0.317 e. The SMILES string of the molecule is C[C@H](Cn1cccn1)NC(=O)N(C[C@H]1CCCO1)C[C@H]1CCCO1. The number of carbonyl (C=O) groups is 1. The Morgan fingerprint density at radius 1 is 1.29 bits per heavy atom. The van der Waals surface area contributed by atoms with Gasteiger partial charge in [0, 0.05) is 44.7 Å². The zero-order valence-corrected chi connectivity index (χ0v) is 14.4. The van der Waals surface area contributed by atoms with E-state index in [1.54, 1.807) is 6.20 Å². The highest BCUT2D eigenvalue weighted by Gasteiger charge is 2.27. The van der Waals surface area contributed by atoms with E-state index >= 15 is 0 Å². The van der Waals surface area contributed by atoms with Crippen LogP contribution in [0.25, 0.3) is 0 Å². The summed E-state index contributed by atoms with van der Waals surface area (Å²) in [5.41, 5.74) is 0. The van der Waals surface area contributed by atoms with Crippen molar-refractivity contribution in [3.05, 3.63) is 18.5 Å². The van der Waals surface area contributed by atoms with Crippen molar-refractivity contribution in [2.45, 2.75) is 57.4 Å². The fraction of sp³-hybridized carbons (Fsp3) is 0.765. The third-order valence-electron chi connectivity index (χ3n) is 4.57. The van der Waals surface area contributed by atoms with Gasteiger partial charge in [-0.1, -0.05) is 0 Å². The fourth-order valence-electron chi connectivity index (χ4n) is 3.35. The molecule has 0 bridgehead atoms. The monoisotopic (exact) mass is 336 g/mol. The van der Waals surface area contributed by atoms with Gasteiger partial charge in [-0.05, 0) is 38.7 Å². The summed E-state index contributed by atoms with van der Waals surface area (Å²) in [4.78, 5) is 14.6. The van der Waals surface area contributed by atoms with E-state index in [0.717, 1.165) is 38.9 Å². The Morgan fingerprint density at radius 3 is 2.46 bits per heavy atom. The van der Waals surface area contributed by atoms with E-state index in [0.29, 0.717) is 19.6 Å². The molecule has 2 aliphatic heterocycles. The van der Waals surface area contributed by atoms with E-state index in [2.05, 4.69) is 10.4 Å². The second-order valence-corrected chi connectivity index (χ2v) is 6.75. The molecule has 0 radical (unpaired) electrons. The Balaban J connectivity index is 1.54. The van der Waals surface area contributed by atoms with Crippen LogP contribution in [0.5, 0.6) is 0 Å². The number of urea groups is 1. The summed E-state index contributed by atoms with van der Waals surface area (Å²) in [5.74, 6) is 0. The second kappa shape index (κ2) is 8.48. The van der Waals surface area contributed by atoms with Crippen LogP contribution in [0.2, 0.25) is 0 Å². The summed E-state index contributed by atoms with van der Waals surface area (Å²) in [7, 11) is 0. The summed E-state index contributed by atoms with van der Waals surface area (Å²) in [6.07, 6.45) is 8.16. The van der Waals surface area contributed by atoms with Crippen molar-refractivity contribution >= 4 is 6.03 Å². The molecule has 24 heavy (non-hydrogen) atoms. The molecule has 7 heteroatoms. The van der Waals surface area contributed by atoms with Crippen LogP contribution in [0.3, 0.4) is 0 Å². The number of nitrogens with zero attached hydrogens (tertiary/aromatic N) is 3. The molecule has 3 rings (SSSR count). The second-order valence-electron chi connectivity index (χ2n) is 6.75. The molecule has 1 aromatic rings. The van der Waals surface area contributed by atoms with Crippen LogP contribution in [0.15, 0.2) is 18.5 Å². The van der Waals surface area contributed by atoms with E-state index < -0.39 is 0 Å². The lowest BCUT2D eigenvalue weighted by atomic mass is 10.2. The first-order valence-electron chi connectivity index (χ1n) is 8.97. The van der Waals surface area contributed by atoms with Crippen molar-refractivity contribution in [3.8, 4) is 0 Å². The van der Waals surface area contributed by atoms with E-state index in [-0.39, 0.29) is 24.3 Å². The Morgan fingerprint density at radius 2 is 1.96 bits per heavy atom. The molecule has 2 fully saturated rings. The molecule has 0 spiro atoms. The van der Waals surface area contributed by atoms with E-state index in [1.807, 2.05) is 28.8 Å². The highest BCUT2D eigenvalue weighted by Crippen LogP contribution is 2.17. The lowest BCUT2D eigenvalue weighted by Gasteiger charge is -2.29. The van der Waals surface area contributed by atoms with Crippen molar-refractivity contribution in [2.75, 3.05) is 26.3 Å². The van der Waals surface area contributed by atoms with Crippen LogP contribution in [-0.2, 0) is 16.0 Å². The Hall–Kier alpha value is -1.60. The predicted molar refractivity (Wildman–Crippen MR) is 89.7 cm³/mol. The van der Waals surface area contributed by atoms with Gasteiger partial charge in [-0.15, -0.1) is 0 Å². The quantitative estimate of drug-likeness (QED) is 0.822. The molecule has 0 unspecified atom stereocenters. The molecule has 3 atom stereocenters. The number of amides is 2. The third-order valence-corrected chi connectivity index (χ3v) is 4.57. The molecule has 1 N–H and O–H groups in total. The molecule has 0 saturated carbocycles. The molecule has 0 aliphatic carbocycles. The highest BCUT2D eigenvalue weighted by molar-refractivity contribution is 5.74. The van der Waals surface area contributed by atoms with Crippen LogP contribution >= 0.6 is 0 Å². The summed E-state index contributed by atoms with van der Waals surface area (Å²) >= 11 is 0. The molecule has 0 aromatic carbocycles. The average molecular weight is 336 g/mol. The summed E-state index contributed by atoms with van der Waals surface area (Å²) in [6.45, 7) is 5.54. The maximum atomic E-state index is 12.7. The topological polar surface area (TPSA) is 68.6 Å². The van der Waals surface area contributed by atoms with E-state index in [4.69, 9.17) is 9.47 Å². The lowest BCUT2D eigenvalue weighted by Crippen LogP contribution is -2.50. The van der Waals surface area contributed by atoms with Gasteiger partial charge in [0.1, 0.15) is 0 Å². The number of aromatic nitrogens is 2. The van der Waals surface area contributed by atoms with Crippen LogP contribution in [-0.4, -0.2) is 65.3 Å². The maximum absolute atomic E-state index is 12.7. The van der Waals surface area contributed by atoms with Gasteiger partial charge >= 0.3 is 6.03 Å². The van der Waals surface area contributed by atoms with Gasteiger partial charge < -0.3 is 19.7 Å². The van der Waals surface area contributed by atoms with Gasteiger partial charge in [-0.2, -0.15) is 5.10 Å². The number of hydrogen-bond donors (Lipinski definition) is 1. The van der Waals surface area contributed by atoms with Gasteiger partial charge in [0.05, 0.1) is 18.8 Å². The van der Waals surface area contributed by atoms with Gasteiger partial charge in [0.15, 0.2) is 0 Å². The van der Waals surface area contributed by atoms with Gasteiger partial charge in [-0.25, -0.2) is 4.79 Å². The van der Waals surface area contributed by atoms with Gasteiger partial charge in [-0.3, -0.25) is 4.68 Å². The smallest absolute Gasteiger partial charge is 0.317 e. The number of hydrogen-bond acceptors (Lipinski definition) is 4. The first kappa shape index (κ1) is 17.2. The molecule has 2 aliphatic rings. The molecule has 2 saturated heterocycles. The number of nitrogens with one attached hydrogen (secondary N) is 1. The van der Waals surface area contributed by atoms with Crippen molar-refractivity contribution < 1.29 is 14.3 Å². The summed E-state index contributed by atoms with van der Waals surface area (Å²) in [5, 5.41) is 7.27. The molecular weight excluding hydrogens is 308 g/mol. The van der Waals surface area contributed by atoms with Crippen molar-refractivity contribution in [1.29, 1.82) is 0 Å². The average Bonchev–Trinajstić information content (AvgIpc) is 3.30. The minimum Gasteiger partial charge on any atom is -0.376 e. The normalized spacial score (nSPS) is 24.9. The minimum absolute atomic E-state index is 0.00823. The molecule has 3 heterocycles. The van der Waals surface area contributed by atoms with Crippen LogP contribution in [0, 0.1) is 0 Å². The van der Waals surface area contributed by atoms with E-state index in [1.165, 1.54) is 0 Å². The fourth-order valence-corrected chi connectivity index (χ4v) is 3.35. The molecule has 1 aromatic heterocycles. The summed E-state index contributed by atoms with van der Waals surface area (Å²) in [6, 6.07) is 1.85. The summed E-state index contributed by atoms with van der Waals surface area (Å²) < 4.78 is 13.3. The highest BCUT2D eigenvalue weighted by atomic mass is 16.5. The number of ether oxygens (including phenoxy) is 2. The largest absolute Gasteiger partial charge is 0.376 e. The standard InChI is InChI=1S/C17H28N4O3/c1-14(11-21-8-4-7-18-21)19-17(22)20(12-15-5-2-9-23-15)13-16-6-3-10-24-16/h4,7-8,14-16H,2-3,5-6,9-13H2,1H3,(H,19,22)/t14-,15-,16-/m1/s1. The Bertz CT molecular complexity index is 478. The van der Waals surface area contributed by atoms with Gasteiger partial charge in [0.2, 0.25) is 0 Å². The molecular formula is C17H28N4O3. The third kappa shape index (κ3) is 4.95. The molecule has 2 amide bonds. The molecule has 7 nitrogen and oxygen atoms in total.